The number of carbonyl (C=O) groups is 1. The van der Waals surface area contributed by atoms with Crippen molar-refractivity contribution in [2.45, 2.75) is 13.1 Å². The number of hydrogen-bond donors (Lipinski definition) is 2. The van der Waals surface area contributed by atoms with E-state index in [2.05, 4.69) is 25.6 Å². The summed E-state index contributed by atoms with van der Waals surface area (Å²) in [5.74, 6) is -0.0380. The van der Waals surface area contributed by atoms with Gasteiger partial charge in [0.15, 0.2) is 10.8 Å². The third-order valence-electron chi connectivity index (χ3n) is 3.13. The molecule has 27 heavy (non-hydrogen) atoms. The zero-order chi connectivity index (χ0) is 19.4. The summed E-state index contributed by atoms with van der Waals surface area (Å²) in [5, 5.41) is 5.73. The van der Waals surface area contributed by atoms with Gasteiger partial charge in [-0.25, -0.2) is 14.8 Å². The van der Waals surface area contributed by atoms with Crippen molar-refractivity contribution in [3.8, 4) is 5.88 Å². The Morgan fingerprint density at radius 1 is 1.22 bits per heavy atom. The first-order valence-corrected chi connectivity index (χ1v) is 8.35. The molecule has 0 fully saturated rings. The molecule has 11 heteroatoms. The molecule has 0 aliphatic rings. The molecule has 7 nitrogen and oxygen atoms in total. The van der Waals surface area contributed by atoms with Crippen LogP contribution in [0.1, 0.15) is 11.4 Å². The van der Waals surface area contributed by atoms with E-state index in [1.54, 1.807) is 43.6 Å². The van der Waals surface area contributed by atoms with E-state index >= 15 is 0 Å². The monoisotopic (exact) mass is 395 g/mol. The predicted octanol–water partition coefficient (Wildman–Crippen LogP) is 4.61. The maximum atomic E-state index is 12.6. The second-order valence-electron chi connectivity index (χ2n) is 5.22. The fourth-order valence-corrected chi connectivity index (χ4v) is 2.66. The average Bonchev–Trinajstić information content (AvgIpc) is 3.07. The normalized spacial score (nSPS) is 11.1. The molecule has 1 amide bonds. The minimum absolute atomic E-state index is 0.0380. The summed E-state index contributed by atoms with van der Waals surface area (Å²) < 4.78 is 42.8. The topological polar surface area (TPSA) is 89.0 Å². The van der Waals surface area contributed by atoms with E-state index in [9.17, 15) is 18.0 Å². The summed E-state index contributed by atoms with van der Waals surface area (Å²) >= 11 is 0.638. The fourth-order valence-electron chi connectivity index (χ4n) is 1.96. The molecule has 3 aromatic rings. The van der Waals surface area contributed by atoms with Gasteiger partial charge in [-0.1, -0.05) is 0 Å². The Morgan fingerprint density at radius 2 is 2.04 bits per heavy atom. The second-order valence-corrected chi connectivity index (χ2v) is 6.08. The predicted molar refractivity (Wildman–Crippen MR) is 93.3 cm³/mol. The SMILES string of the molecule is Cc1ccc(Nc2cccnc2)c(OC(=O)Nc2nc(C(F)(F)F)cs2)n1. The number of nitrogens with zero attached hydrogens (tertiary/aromatic N) is 3. The average molecular weight is 395 g/mol. The quantitative estimate of drug-likeness (QED) is 0.670. The molecule has 0 spiro atoms. The molecular weight excluding hydrogens is 383 g/mol. The molecule has 140 valence electrons. The van der Waals surface area contributed by atoms with Gasteiger partial charge in [-0.05, 0) is 31.2 Å². The van der Waals surface area contributed by atoms with Gasteiger partial charge in [-0.15, -0.1) is 11.3 Å². The molecule has 0 atom stereocenters. The number of aromatic nitrogens is 3. The lowest BCUT2D eigenvalue weighted by atomic mass is 10.3. The molecule has 0 radical (unpaired) electrons. The minimum atomic E-state index is -4.58. The van der Waals surface area contributed by atoms with Crippen LogP contribution in [-0.4, -0.2) is 21.0 Å². The summed E-state index contributed by atoms with van der Waals surface area (Å²) in [6.07, 6.45) is -2.42. The number of pyridine rings is 2. The van der Waals surface area contributed by atoms with Gasteiger partial charge >= 0.3 is 12.3 Å². The van der Waals surface area contributed by atoms with Crippen molar-refractivity contribution in [3.05, 3.63) is 53.4 Å². The molecule has 0 aliphatic heterocycles. The third kappa shape index (κ3) is 4.91. The van der Waals surface area contributed by atoms with Gasteiger partial charge < -0.3 is 10.1 Å². The van der Waals surface area contributed by atoms with Crippen LogP contribution in [0.15, 0.2) is 42.0 Å². The van der Waals surface area contributed by atoms with Crippen molar-refractivity contribution in [3.63, 3.8) is 0 Å². The summed E-state index contributed by atoms with van der Waals surface area (Å²) in [7, 11) is 0. The minimum Gasteiger partial charge on any atom is -0.389 e. The van der Waals surface area contributed by atoms with Gasteiger partial charge in [-0.2, -0.15) is 13.2 Å². The first-order valence-electron chi connectivity index (χ1n) is 7.47. The van der Waals surface area contributed by atoms with Crippen LogP contribution in [0.3, 0.4) is 0 Å². The van der Waals surface area contributed by atoms with E-state index in [0.29, 0.717) is 28.4 Å². The number of halogens is 3. The molecule has 0 aromatic carbocycles. The van der Waals surface area contributed by atoms with Crippen LogP contribution in [0.4, 0.5) is 34.5 Å². The number of amides is 1. The first kappa shape index (κ1) is 18.6. The van der Waals surface area contributed by atoms with Gasteiger partial charge in [0.1, 0.15) is 5.69 Å². The Morgan fingerprint density at radius 3 is 2.70 bits per heavy atom. The Kier molecular flexibility index (Phi) is 5.21. The number of hydrogen-bond acceptors (Lipinski definition) is 7. The summed E-state index contributed by atoms with van der Waals surface area (Å²) in [6, 6.07) is 6.84. The van der Waals surface area contributed by atoms with Crippen molar-refractivity contribution in [1.29, 1.82) is 0 Å². The Hall–Kier alpha value is -3.21. The lowest BCUT2D eigenvalue weighted by Crippen LogP contribution is -2.18. The number of rotatable bonds is 4. The molecule has 0 unspecified atom stereocenters. The number of aryl methyl sites for hydroxylation is 1. The number of thiazole rings is 1. The molecule has 3 rings (SSSR count). The standard InChI is InChI=1S/C16H12F3N5O2S/c1-9-4-5-11(22-10-3-2-6-20-7-10)13(21-9)26-15(25)24-14-23-12(8-27-14)16(17,18)19/h2-8,22H,1H3,(H,23,24,25). The maximum Gasteiger partial charge on any atom is 0.434 e. The van der Waals surface area contributed by atoms with Crippen LogP contribution in [-0.2, 0) is 6.18 Å². The van der Waals surface area contributed by atoms with Gasteiger partial charge in [0.2, 0.25) is 5.88 Å². The van der Waals surface area contributed by atoms with Crippen LogP contribution in [0.5, 0.6) is 5.88 Å². The molecule has 0 bridgehead atoms. The summed E-state index contributed by atoms with van der Waals surface area (Å²) in [6.45, 7) is 1.70. The highest BCUT2D eigenvalue weighted by Gasteiger charge is 2.34. The van der Waals surface area contributed by atoms with E-state index in [1.165, 1.54) is 0 Å². The van der Waals surface area contributed by atoms with Crippen LogP contribution in [0, 0.1) is 6.92 Å². The highest BCUT2D eigenvalue weighted by atomic mass is 32.1. The van der Waals surface area contributed by atoms with Crippen molar-refractivity contribution in [2.75, 3.05) is 10.6 Å². The second kappa shape index (κ2) is 7.58. The van der Waals surface area contributed by atoms with Crippen molar-refractivity contribution in [2.24, 2.45) is 0 Å². The van der Waals surface area contributed by atoms with Crippen LogP contribution < -0.4 is 15.4 Å². The number of ether oxygens (including phenoxy) is 1. The third-order valence-corrected chi connectivity index (χ3v) is 3.89. The van der Waals surface area contributed by atoms with Gasteiger partial charge in [0.05, 0.1) is 11.9 Å². The molecule has 2 N–H and O–H groups in total. The van der Waals surface area contributed by atoms with Gasteiger partial charge in [-0.3, -0.25) is 10.3 Å². The smallest absolute Gasteiger partial charge is 0.389 e. The van der Waals surface area contributed by atoms with Crippen LogP contribution in [0.2, 0.25) is 0 Å². The zero-order valence-electron chi connectivity index (χ0n) is 13.7. The molecule has 3 aromatic heterocycles. The van der Waals surface area contributed by atoms with Crippen molar-refractivity contribution < 1.29 is 22.7 Å². The number of nitrogens with one attached hydrogen (secondary N) is 2. The Balaban J connectivity index is 1.73. The highest BCUT2D eigenvalue weighted by Crippen LogP contribution is 2.32. The molecule has 3 heterocycles. The summed E-state index contributed by atoms with van der Waals surface area (Å²) in [4.78, 5) is 23.4. The van der Waals surface area contributed by atoms with E-state index in [0.717, 1.165) is 5.38 Å². The van der Waals surface area contributed by atoms with Crippen LogP contribution >= 0.6 is 11.3 Å². The van der Waals surface area contributed by atoms with Gasteiger partial charge in [0.25, 0.3) is 0 Å². The van der Waals surface area contributed by atoms with Crippen molar-refractivity contribution >= 4 is 33.9 Å². The Bertz CT molecular complexity index is 947. The Labute approximate surface area is 155 Å². The lowest BCUT2D eigenvalue weighted by Gasteiger charge is -2.11. The maximum absolute atomic E-state index is 12.6. The largest absolute Gasteiger partial charge is 0.434 e. The van der Waals surface area contributed by atoms with Crippen LogP contribution in [0.25, 0.3) is 0 Å². The zero-order valence-corrected chi connectivity index (χ0v) is 14.6. The fraction of sp³-hybridized carbons (Fsp3) is 0.125. The lowest BCUT2D eigenvalue weighted by molar-refractivity contribution is -0.140. The van der Waals surface area contributed by atoms with E-state index in [4.69, 9.17) is 4.74 Å². The molecule has 0 saturated carbocycles. The van der Waals surface area contributed by atoms with E-state index < -0.39 is 18.0 Å². The number of alkyl halides is 3. The molecule has 0 saturated heterocycles. The summed E-state index contributed by atoms with van der Waals surface area (Å²) in [5.41, 5.74) is 0.528. The first-order chi connectivity index (χ1) is 12.8. The molecule has 0 aliphatic carbocycles. The van der Waals surface area contributed by atoms with Crippen molar-refractivity contribution in [1.82, 2.24) is 15.0 Å². The number of carbonyl (C=O) groups excluding carboxylic acids is 1. The number of anilines is 3. The molecular formula is C16H12F3N5O2S. The highest BCUT2D eigenvalue weighted by molar-refractivity contribution is 7.13. The van der Waals surface area contributed by atoms with E-state index in [1.807, 2.05) is 0 Å². The van der Waals surface area contributed by atoms with E-state index in [-0.39, 0.29) is 11.0 Å². The van der Waals surface area contributed by atoms with Gasteiger partial charge in [0, 0.05) is 17.3 Å².